The van der Waals surface area contributed by atoms with Crippen LogP contribution in [0.5, 0.6) is 0 Å². The van der Waals surface area contributed by atoms with Gasteiger partial charge in [-0.15, -0.1) is 11.3 Å². The molecule has 1 aromatic carbocycles. The number of sulfonamides is 1. The fraction of sp³-hybridized carbons (Fsp3) is 0.235. The smallest absolute Gasteiger partial charge is 0.240 e. The van der Waals surface area contributed by atoms with Crippen molar-refractivity contribution < 1.29 is 12.9 Å². The molecule has 3 aromatic rings. The normalized spacial score (nSPS) is 11.8. The molecular formula is C17H18N2O3S2. The largest absolute Gasteiger partial charge is 0.356 e. The van der Waals surface area contributed by atoms with Crippen LogP contribution in [0.25, 0.3) is 11.3 Å². The van der Waals surface area contributed by atoms with Crippen molar-refractivity contribution in [1.82, 2.24) is 9.88 Å². The summed E-state index contributed by atoms with van der Waals surface area (Å²) in [5.41, 5.74) is 2.27. The lowest BCUT2D eigenvalue weighted by Crippen LogP contribution is -2.26. The number of thiophene rings is 1. The number of nitrogens with one attached hydrogen (secondary N) is 1. The molecule has 0 fully saturated rings. The van der Waals surface area contributed by atoms with Gasteiger partial charge in [-0.3, -0.25) is 0 Å². The third-order valence-electron chi connectivity index (χ3n) is 3.62. The zero-order chi connectivity index (χ0) is 17.2. The Kier molecular flexibility index (Phi) is 4.84. The molecule has 0 bridgehead atoms. The summed E-state index contributed by atoms with van der Waals surface area (Å²) in [5.74, 6) is 0.630. The van der Waals surface area contributed by atoms with Crippen molar-refractivity contribution in [3.8, 4) is 11.3 Å². The maximum absolute atomic E-state index is 12.5. The third kappa shape index (κ3) is 3.75. The fourth-order valence-electron chi connectivity index (χ4n) is 2.44. The van der Waals surface area contributed by atoms with Crippen molar-refractivity contribution in [3.05, 3.63) is 57.9 Å². The number of aryl methyl sites for hydroxylation is 2. The first kappa shape index (κ1) is 16.9. The van der Waals surface area contributed by atoms with Crippen LogP contribution in [-0.2, 0) is 16.4 Å². The number of aromatic nitrogens is 1. The molecular weight excluding hydrogens is 344 g/mol. The summed E-state index contributed by atoms with van der Waals surface area (Å²) in [4.78, 5) is 1.44. The van der Waals surface area contributed by atoms with Crippen LogP contribution in [0.1, 0.15) is 16.1 Å². The number of benzene rings is 1. The first-order chi connectivity index (χ1) is 11.5. The lowest BCUT2D eigenvalue weighted by molar-refractivity contribution is 0.427. The van der Waals surface area contributed by atoms with Crippen molar-refractivity contribution >= 4 is 21.4 Å². The van der Waals surface area contributed by atoms with E-state index >= 15 is 0 Å². The molecule has 1 N–H and O–H groups in total. The van der Waals surface area contributed by atoms with E-state index in [0.717, 1.165) is 16.1 Å². The summed E-state index contributed by atoms with van der Waals surface area (Å²) in [6, 6.07) is 10.9. The van der Waals surface area contributed by atoms with Gasteiger partial charge in [0.15, 0.2) is 5.76 Å². The van der Waals surface area contributed by atoms with Gasteiger partial charge in [-0.25, -0.2) is 13.1 Å². The molecule has 2 heterocycles. The van der Waals surface area contributed by atoms with Crippen molar-refractivity contribution in [1.29, 1.82) is 0 Å². The van der Waals surface area contributed by atoms with Gasteiger partial charge in [0.1, 0.15) is 0 Å². The quantitative estimate of drug-likeness (QED) is 0.728. The zero-order valence-electron chi connectivity index (χ0n) is 13.4. The maximum atomic E-state index is 12.5. The second-order valence-corrected chi connectivity index (χ2v) is 8.31. The summed E-state index contributed by atoms with van der Waals surface area (Å²) < 4.78 is 32.9. The first-order valence-electron chi connectivity index (χ1n) is 7.52. The molecule has 2 aromatic heterocycles. The fourth-order valence-corrected chi connectivity index (χ4v) is 4.41. The molecule has 0 aliphatic rings. The predicted octanol–water partition coefficient (Wildman–Crippen LogP) is 3.54. The Morgan fingerprint density at radius 3 is 2.67 bits per heavy atom. The monoisotopic (exact) mass is 362 g/mol. The van der Waals surface area contributed by atoms with Gasteiger partial charge < -0.3 is 4.52 Å². The SMILES string of the molecule is Cc1cc(-c2ccc(S(=O)(=O)NCCc3cccs3)c(C)c2)on1. The number of rotatable bonds is 6. The lowest BCUT2D eigenvalue weighted by atomic mass is 10.1. The molecule has 0 saturated carbocycles. The second kappa shape index (κ2) is 6.88. The van der Waals surface area contributed by atoms with Gasteiger partial charge in [0, 0.05) is 23.1 Å². The van der Waals surface area contributed by atoms with E-state index in [9.17, 15) is 8.42 Å². The van der Waals surface area contributed by atoms with E-state index in [2.05, 4.69) is 9.88 Å². The predicted molar refractivity (Wildman–Crippen MR) is 94.6 cm³/mol. The van der Waals surface area contributed by atoms with E-state index in [1.54, 1.807) is 36.5 Å². The molecule has 7 heteroatoms. The molecule has 0 aliphatic heterocycles. The molecule has 0 amide bonds. The van der Waals surface area contributed by atoms with E-state index in [1.807, 2.05) is 30.5 Å². The molecule has 0 spiro atoms. The van der Waals surface area contributed by atoms with Crippen LogP contribution in [0, 0.1) is 13.8 Å². The van der Waals surface area contributed by atoms with Gasteiger partial charge in [-0.05, 0) is 55.5 Å². The average Bonchev–Trinajstić information content (AvgIpc) is 3.18. The Labute approximate surface area is 145 Å². The van der Waals surface area contributed by atoms with Gasteiger partial charge in [-0.2, -0.15) is 0 Å². The van der Waals surface area contributed by atoms with Gasteiger partial charge in [-0.1, -0.05) is 11.2 Å². The zero-order valence-corrected chi connectivity index (χ0v) is 15.1. The summed E-state index contributed by atoms with van der Waals surface area (Å²) in [5, 5.41) is 5.84. The minimum Gasteiger partial charge on any atom is -0.356 e. The van der Waals surface area contributed by atoms with Crippen LogP contribution in [0.2, 0.25) is 0 Å². The summed E-state index contributed by atoms with van der Waals surface area (Å²) in [7, 11) is -3.53. The minimum atomic E-state index is -3.53. The topological polar surface area (TPSA) is 72.2 Å². The molecule has 0 saturated heterocycles. The summed E-state index contributed by atoms with van der Waals surface area (Å²) >= 11 is 1.62. The van der Waals surface area contributed by atoms with E-state index in [4.69, 9.17) is 4.52 Å². The molecule has 0 aliphatic carbocycles. The minimum absolute atomic E-state index is 0.286. The van der Waals surface area contributed by atoms with Gasteiger partial charge >= 0.3 is 0 Å². The van der Waals surface area contributed by atoms with Crippen LogP contribution >= 0.6 is 11.3 Å². The Balaban J connectivity index is 1.75. The third-order valence-corrected chi connectivity index (χ3v) is 6.18. The highest BCUT2D eigenvalue weighted by atomic mass is 32.2. The lowest BCUT2D eigenvalue weighted by Gasteiger charge is -2.10. The molecule has 0 unspecified atom stereocenters. The van der Waals surface area contributed by atoms with Crippen LogP contribution < -0.4 is 4.72 Å². The highest BCUT2D eigenvalue weighted by Gasteiger charge is 2.17. The van der Waals surface area contributed by atoms with Gasteiger partial charge in [0.25, 0.3) is 0 Å². The van der Waals surface area contributed by atoms with E-state index in [0.29, 0.717) is 24.3 Å². The van der Waals surface area contributed by atoms with E-state index in [1.165, 1.54) is 0 Å². The molecule has 126 valence electrons. The molecule has 3 rings (SSSR count). The number of hydrogen-bond donors (Lipinski definition) is 1. The van der Waals surface area contributed by atoms with E-state index < -0.39 is 10.0 Å². The molecule has 24 heavy (non-hydrogen) atoms. The van der Waals surface area contributed by atoms with Crippen LogP contribution in [-0.4, -0.2) is 20.1 Å². The molecule has 5 nitrogen and oxygen atoms in total. The van der Waals surface area contributed by atoms with Crippen molar-refractivity contribution in [3.63, 3.8) is 0 Å². The first-order valence-corrected chi connectivity index (χ1v) is 9.88. The molecule has 0 radical (unpaired) electrons. The average molecular weight is 362 g/mol. The Morgan fingerprint density at radius 1 is 1.21 bits per heavy atom. The van der Waals surface area contributed by atoms with Crippen LogP contribution in [0.15, 0.2) is 51.2 Å². The summed E-state index contributed by atoms with van der Waals surface area (Å²) in [6.45, 7) is 4.00. The van der Waals surface area contributed by atoms with Crippen molar-refractivity contribution in [2.45, 2.75) is 25.2 Å². The number of hydrogen-bond acceptors (Lipinski definition) is 5. The number of nitrogens with zero attached hydrogens (tertiary/aromatic N) is 1. The van der Waals surface area contributed by atoms with Crippen molar-refractivity contribution in [2.75, 3.05) is 6.54 Å². The molecule has 0 atom stereocenters. The van der Waals surface area contributed by atoms with Crippen LogP contribution in [0.4, 0.5) is 0 Å². The second-order valence-electron chi connectivity index (χ2n) is 5.54. The maximum Gasteiger partial charge on any atom is 0.240 e. The van der Waals surface area contributed by atoms with Gasteiger partial charge in [0.2, 0.25) is 10.0 Å². The Hall–Kier alpha value is -1.96. The van der Waals surface area contributed by atoms with Crippen molar-refractivity contribution in [2.24, 2.45) is 0 Å². The highest BCUT2D eigenvalue weighted by Crippen LogP contribution is 2.25. The van der Waals surface area contributed by atoms with Gasteiger partial charge in [0.05, 0.1) is 10.6 Å². The van der Waals surface area contributed by atoms with Crippen LogP contribution in [0.3, 0.4) is 0 Å². The Morgan fingerprint density at radius 2 is 2.04 bits per heavy atom. The highest BCUT2D eigenvalue weighted by molar-refractivity contribution is 7.89. The standard InChI is InChI=1S/C17H18N2O3S2/c1-12-10-14(16-11-13(2)19-22-16)5-6-17(12)24(20,21)18-8-7-15-4-3-9-23-15/h3-6,9-11,18H,7-8H2,1-2H3. The summed E-state index contributed by atoms with van der Waals surface area (Å²) in [6.07, 6.45) is 0.686. The van der Waals surface area contributed by atoms with E-state index in [-0.39, 0.29) is 4.90 Å². The Bertz CT molecular complexity index is 929.